The Balaban J connectivity index is 2.02. The van der Waals surface area contributed by atoms with Crippen molar-refractivity contribution in [1.29, 1.82) is 0 Å². The monoisotopic (exact) mass is 345 g/mol. The van der Waals surface area contributed by atoms with E-state index in [9.17, 15) is 9.59 Å². The van der Waals surface area contributed by atoms with Gasteiger partial charge in [0.1, 0.15) is 11.4 Å². The van der Waals surface area contributed by atoms with Crippen LogP contribution in [-0.2, 0) is 18.4 Å². The number of amides is 1. The Morgan fingerprint density at radius 1 is 1.28 bits per heavy atom. The fraction of sp³-hybridized carbons (Fsp3) is 0.389. The van der Waals surface area contributed by atoms with Crippen molar-refractivity contribution in [2.75, 3.05) is 13.7 Å². The molecule has 0 radical (unpaired) electrons. The van der Waals surface area contributed by atoms with Crippen molar-refractivity contribution in [1.82, 2.24) is 14.7 Å². The minimum atomic E-state index is -1.02. The lowest BCUT2D eigenvalue weighted by atomic mass is 10.1. The maximum Gasteiger partial charge on any atom is 0.341 e. The van der Waals surface area contributed by atoms with Crippen molar-refractivity contribution in [3.8, 4) is 5.75 Å². The highest BCUT2D eigenvalue weighted by Crippen LogP contribution is 2.17. The van der Waals surface area contributed by atoms with Crippen molar-refractivity contribution in [2.24, 2.45) is 7.05 Å². The quantitative estimate of drug-likeness (QED) is 0.832. The van der Waals surface area contributed by atoms with Crippen molar-refractivity contribution in [3.05, 3.63) is 47.3 Å². The van der Waals surface area contributed by atoms with Gasteiger partial charge in [-0.3, -0.25) is 9.48 Å². The van der Waals surface area contributed by atoms with Gasteiger partial charge in [0.15, 0.2) is 6.61 Å². The number of benzene rings is 1. The molecule has 0 atom stereocenters. The first-order chi connectivity index (χ1) is 11.8. The van der Waals surface area contributed by atoms with E-state index in [1.54, 1.807) is 35.8 Å². The van der Waals surface area contributed by atoms with Gasteiger partial charge in [-0.15, -0.1) is 0 Å². The Labute approximate surface area is 146 Å². The van der Waals surface area contributed by atoms with Gasteiger partial charge in [-0.05, 0) is 29.7 Å². The van der Waals surface area contributed by atoms with Crippen LogP contribution in [0.25, 0.3) is 0 Å². The second-order valence-electron chi connectivity index (χ2n) is 6.22. The molecular formula is C18H23N3O4. The van der Waals surface area contributed by atoms with Crippen molar-refractivity contribution < 1.29 is 19.4 Å². The summed E-state index contributed by atoms with van der Waals surface area (Å²) < 4.78 is 6.70. The van der Waals surface area contributed by atoms with E-state index in [2.05, 4.69) is 5.10 Å². The number of carboxylic acid groups (broad SMARTS) is 1. The summed E-state index contributed by atoms with van der Waals surface area (Å²) in [5.41, 5.74) is 2.36. The van der Waals surface area contributed by atoms with Crippen molar-refractivity contribution in [3.63, 3.8) is 0 Å². The molecule has 1 heterocycles. The average molecular weight is 345 g/mol. The van der Waals surface area contributed by atoms with Crippen LogP contribution in [0, 0.1) is 0 Å². The van der Waals surface area contributed by atoms with Gasteiger partial charge in [0.05, 0.1) is 5.69 Å². The molecule has 1 amide bonds. The van der Waals surface area contributed by atoms with Gasteiger partial charge >= 0.3 is 5.97 Å². The number of ether oxygens (including phenoxy) is 1. The summed E-state index contributed by atoms with van der Waals surface area (Å²) >= 11 is 0. The third-order valence-corrected chi connectivity index (χ3v) is 3.76. The van der Waals surface area contributed by atoms with Crippen LogP contribution in [0.5, 0.6) is 5.75 Å². The molecular weight excluding hydrogens is 322 g/mol. The lowest BCUT2D eigenvalue weighted by molar-refractivity contribution is -0.139. The minimum Gasteiger partial charge on any atom is -0.482 e. The Morgan fingerprint density at radius 3 is 2.44 bits per heavy atom. The van der Waals surface area contributed by atoms with Gasteiger partial charge in [-0.1, -0.05) is 26.0 Å². The van der Waals surface area contributed by atoms with Crippen LogP contribution in [-0.4, -0.2) is 45.3 Å². The summed E-state index contributed by atoms with van der Waals surface area (Å²) in [4.78, 5) is 24.7. The summed E-state index contributed by atoms with van der Waals surface area (Å²) in [6.45, 7) is 4.12. The van der Waals surface area contributed by atoms with E-state index >= 15 is 0 Å². The number of carboxylic acids is 1. The number of carbonyl (C=O) groups is 2. The molecule has 0 saturated carbocycles. The van der Waals surface area contributed by atoms with Crippen LogP contribution in [0.4, 0.5) is 0 Å². The second-order valence-corrected chi connectivity index (χ2v) is 6.22. The molecule has 2 aromatic rings. The molecule has 0 bridgehead atoms. The highest BCUT2D eigenvalue weighted by molar-refractivity contribution is 5.92. The lowest BCUT2D eigenvalue weighted by Crippen LogP contribution is -2.28. The van der Waals surface area contributed by atoms with E-state index in [0.29, 0.717) is 18.0 Å². The van der Waals surface area contributed by atoms with Crippen LogP contribution >= 0.6 is 0 Å². The smallest absolute Gasteiger partial charge is 0.341 e. The largest absolute Gasteiger partial charge is 0.482 e. The fourth-order valence-electron chi connectivity index (χ4n) is 2.35. The highest BCUT2D eigenvalue weighted by atomic mass is 16.5. The first kappa shape index (κ1) is 18.5. The number of aromatic nitrogens is 2. The van der Waals surface area contributed by atoms with E-state index in [-0.39, 0.29) is 18.4 Å². The molecule has 0 aliphatic rings. The fourth-order valence-corrected chi connectivity index (χ4v) is 2.35. The van der Waals surface area contributed by atoms with E-state index in [1.807, 2.05) is 32.0 Å². The zero-order valence-electron chi connectivity index (χ0n) is 14.9. The highest BCUT2D eigenvalue weighted by Gasteiger charge is 2.18. The van der Waals surface area contributed by atoms with Gasteiger partial charge in [-0.2, -0.15) is 5.10 Å². The van der Waals surface area contributed by atoms with Gasteiger partial charge in [0.25, 0.3) is 5.91 Å². The van der Waals surface area contributed by atoms with E-state index in [4.69, 9.17) is 9.84 Å². The Kier molecular flexibility index (Phi) is 5.80. The zero-order valence-corrected chi connectivity index (χ0v) is 14.9. The molecule has 2 rings (SSSR count). The molecule has 1 aromatic carbocycles. The zero-order chi connectivity index (χ0) is 18.6. The Bertz CT molecular complexity index is 750. The molecule has 7 heteroatoms. The topological polar surface area (TPSA) is 84.7 Å². The van der Waals surface area contributed by atoms with Crippen LogP contribution in [0.3, 0.4) is 0 Å². The summed E-state index contributed by atoms with van der Waals surface area (Å²) in [6.07, 6.45) is 0. The summed E-state index contributed by atoms with van der Waals surface area (Å²) in [6, 6.07) is 8.83. The number of hydrogen-bond acceptors (Lipinski definition) is 4. The molecule has 1 aromatic heterocycles. The molecule has 0 aliphatic heterocycles. The van der Waals surface area contributed by atoms with E-state index in [0.717, 1.165) is 11.3 Å². The van der Waals surface area contributed by atoms with Crippen LogP contribution in [0.15, 0.2) is 30.3 Å². The molecule has 0 saturated heterocycles. The number of carbonyl (C=O) groups excluding carboxylic acids is 1. The standard InChI is InChI=1S/C18H23N3O4/c1-12(2)15-9-16(21(4)19-15)18(24)20(3)10-13-5-7-14(8-6-13)25-11-17(22)23/h5-9,12H,10-11H2,1-4H3,(H,22,23). The first-order valence-electron chi connectivity index (χ1n) is 8.01. The maximum absolute atomic E-state index is 12.6. The number of aryl methyl sites for hydroxylation is 1. The average Bonchev–Trinajstić information content (AvgIpc) is 2.95. The second kappa shape index (κ2) is 7.83. The third kappa shape index (κ3) is 4.82. The molecule has 7 nitrogen and oxygen atoms in total. The summed E-state index contributed by atoms with van der Waals surface area (Å²) in [5, 5.41) is 13.0. The molecule has 0 aliphatic carbocycles. The molecule has 1 N–H and O–H groups in total. The third-order valence-electron chi connectivity index (χ3n) is 3.76. The van der Waals surface area contributed by atoms with Gasteiger partial charge in [0, 0.05) is 20.6 Å². The number of rotatable bonds is 7. The molecule has 134 valence electrons. The number of nitrogens with zero attached hydrogens (tertiary/aromatic N) is 3. The molecule has 0 fully saturated rings. The first-order valence-corrected chi connectivity index (χ1v) is 8.01. The van der Waals surface area contributed by atoms with E-state index < -0.39 is 5.97 Å². The molecule has 25 heavy (non-hydrogen) atoms. The number of aliphatic carboxylic acids is 1. The minimum absolute atomic E-state index is 0.104. The predicted molar refractivity (Wildman–Crippen MR) is 92.7 cm³/mol. The lowest BCUT2D eigenvalue weighted by Gasteiger charge is -2.17. The normalized spacial score (nSPS) is 10.8. The van der Waals surface area contributed by atoms with Gasteiger partial charge in [0.2, 0.25) is 0 Å². The van der Waals surface area contributed by atoms with Crippen molar-refractivity contribution >= 4 is 11.9 Å². The van der Waals surface area contributed by atoms with Gasteiger partial charge in [-0.25, -0.2) is 4.79 Å². The number of hydrogen-bond donors (Lipinski definition) is 1. The Hall–Kier alpha value is -2.83. The van der Waals surface area contributed by atoms with E-state index in [1.165, 1.54) is 0 Å². The van der Waals surface area contributed by atoms with Crippen LogP contribution in [0.2, 0.25) is 0 Å². The SMILES string of the molecule is CC(C)c1cc(C(=O)N(C)Cc2ccc(OCC(=O)O)cc2)n(C)n1. The summed E-state index contributed by atoms with van der Waals surface area (Å²) in [5.74, 6) is -0.385. The maximum atomic E-state index is 12.6. The predicted octanol–water partition coefficient (Wildman–Crippen LogP) is 2.28. The van der Waals surface area contributed by atoms with Crippen LogP contribution in [0.1, 0.15) is 41.5 Å². The van der Waals surface area contributed by atoms with Crippen LogP contribution < -0.4 is 4.74 Å². The van der Waals surface area contributed by atoms with Crippen molar-refractivity contribution in [2.45, 2.75) is 26.3 Å². The molecule has 0 spiro atoms. The Morgan fingerprint density at radius 2 is 1.92 bits per heavy atom. The van der Waals surface area contributed by atoms with Gasteiger partial charge < -0.3 is 14.7 Å². The summed E-state index contributed by atoms with van der Waals surface area (Å²) in [7, 11) is 3.50. The molecule has 0 unspecified atom stereocenters.